The van der Waals surface area contributed by atoms with Crippen LogP contribution >= 0.6 is 34.8 Å². The first-order valence-corrected chi connectivity index (χ1v) is 4.31. The second-order valence-electron chi connectivity index (χ2n) is 2.23. The lowest BCUT2D eigenvalue weighted by Crippen LogP contribution is -2.06. The third kappa shape index (κ3) is 2.72. The van der Waals surface area contributed by atoms with E-state index >= 15 is 0 Å². The SMILES string of the molecule is O=C(O)c1ccnc(C(Cl)(Cl)Cl)c1. The molecule has 0 bridgehead atoms. The zero-order chi connectivity index (χ0) is 10.1. The molecular formula is C7H4Cl3NO2. The van der Waals surface area contributed by atoms with Gasteiger partial charge in [0.1, 0.15) is 0 Å². The molecule has 1 heterocycles. The molecule has 1 N–H and O–H groups in total. The molecule has 1 rings (SSSR count). The van der Waals surface area contributed by atoms with E-state index in [2.05, 4.69) is 4.98 Å². The fraction of sp³-hybridized carbons (Fsp3) is 0.143. The van der Waals surface area contributed by atoms with Gasteiger partial charge < -0.3 is 5.11 Å². The lowest BCUT2D eigenvalue weighted by Gasteiger charge is -2.09. The van der Waals surface area contributed by atoms with Crippen LogP contribution in [-0.2, 0) is 3.79 Å². The monoisotopic (exact) mass is 239 g/mol. The van der Waals surface area contributed by atoms with Gasteiger partial charge in [-0.15, -0.1) is 0 Å². The molecule has 70 valence electrons. The standard InChI is InChI=1S/C7H4Cl3NO2/c8-7(9,10)5-3-4(6(12)13)1-2-11-5/h1-3H,(H,12,13). The van der Waals surface area contributed by atoms with Crippen LogP contribution < -0.4 is 0 Å². The first-order valence-electron chi connectivity index (χ1n) is 3.18. The molecule has 0 saturated carbocycles. The van der Waals surface area contributed by atoms with Crippen LogP contribution in [0.5, 0.6) is 0 Å². The van der Waals surface area contributed by atoms with Crippen LogP contribution in [0.15, 0.2) is 18.3 Å². The Balaban J connectivity index is 3.13. The Labute approximate surface area is 89.2 Å². The maximum atomic E-state index is 10.5. The smallest absolute Gasteiger partial charge is 0.335 e. The summed E-state index contributed by atoms with van der Waals surface area (Å²) >= 11 is 16.5. The molecule has 13 heavy (non-hydrogen) atoms. The highest BCUT2D eigenvalue weighted by Gasteiger charge is 2.25. The Hall–Kier alpha value is -0.510. The third-order valence-corrected chi connectivity index (χ3v) is 1.88. The number of nitrogens with zero attached hydrogens (tertiary/aromatic N) is 1. The van der Waals surface area contributed by atoms with Crippen molar-refractivity contribution in [3.05, 3.63) is 29.6 Å². The molecule has 0 radical (unpaired) electrons. The lowest BCUT2D eigenvalue weighted by atomic mass is 10.2. The van der Waals surface area contributed by atoms with E-state index in [0.29, 0.717) is 0 Å². The Morgan fingerprint density at radius 3 is 2.54 bits per heavy atom. The first-order chi connectivity index (χ1) is 5.91. The second-order valence-corrected chi connectivity index (χ2v) is 4.51. The van der Waals surface area contributed by atoms with Crippen LogP contribution in [0.25, 0.3) is 0 Å². The number of alkyl halides is 3. The van der Waals surface area contributed by atoms with E-state index in [-0.39, 0.29) is 11.3 Å². The molecule has 1 aromatic rings. The molecule has 0 aliphatic heterocycles. The molecule has 0 atom stereocenters. The van der Waals surface area contributed by atoms with Gasteiger partial charge in [-0.1, -0.05) is 34.8 Å². The van der Waals surface area contributed by atoms with E-state index in [9.17, 15) is 4.79 Å². The molecule has 1 aromatic heterocycles. The molecule has 0 fully saturated rings. The maximum absolute atomic E-state index is 10.5. The number of carboxylic acids is 1. The Bertz CT molecular complexity index is 335. The summed E-state index contributed by atoms with van der Waals surface area (Å²) in [6.45, 7) is 0. The molecule has 0 amide bonds. The van der Waals surface area contributed by atoms with Gasteiger partial charge in [0.05, 0.1) is 11.3 Å². The number of hydrogen-bond donors (Lipinski definition) is 1. The van der Waals surface area contributed by atoms with Crippen molar-refractivity contribution in [3.8, 4) is 0 Å². The van der Waals surface area contributed by atoms with E-state index in [0.717, 1.165) is 0 Å². The van der Waals surface area contributed by atoms with Gasteiger partial charge in [0, 0.05) is 6.20 Å². The number of halogens is 3. The number of rotatable bonds is 1. The Kier molecular flexibility index (Phi) is 3.01. The minimum atomic E-state index is -1.69. The molecule has 6 heteroatoms. The zero-order valence-electron chi connectivity index (χ0n) is 6.17. The van der Waals surface area contributed by atoms with Gasteiger partial charge >= 0.3 is 5.97 Å². The Morgan fingerprint density at radius 2 is 2.08 bits per heavy atom. The summed E-state index contributed by atoms with van der Waals surface area (Å²) < 4.78 is -1.69. The van der Waals surface area contributed by atoms with Crippen molar-refractivity contribution in [2.45, 2.75) is 3.79 Å². The number of carbonyl (C=O) groups is 1. The number of aromatic nitrogens is 1. The van der Waals surface area contributed by atoms with Crippen molar-refractivity contribution in [1.29, 1.82) is 0 Å². The van der Waals surface area contributed by atoms with Crippen LogP contribution in [0, 0.1) is 0 Å². The molecule has 3 nitrogen and oxygen atoms in total. The van der Waals surface area contributed by atoms with Crippen molar-refractivity contribution in [3.63, 3.8) is 0 Å². The molecular weight excluding hydrogens is 236 g/mol. The van der Waals surface area contributed by atoms with Gasteiger partial charge in [0.15, 0.2) is 0 Å². The van der Waals surface area contributed by atoms with Crippen molar-refractivity contribution < 1.29 is 9.90 Å². The summed E-state index contributed by atoms with van der Waals surface area (Å²) in [4.78, 5) is 14.3. The van der Waals surface area contributed by atoms with E-state index < -0.39 is 9.76 Å². The van der Waals surface area contributed by atoms with Gasteiger partial charge in [0.2, 0.25) is 3.79 Å². The predicted octanol–water partition coefficient (Wildman–Crippen LogP) is 2.61. The third-order valence-electron chi connectivity index (χ3n) is 1.30. The van der Waals surface area contributed by atoms with Crippen LogP contribution in [0.3, 0.4) is 0 Å². The molecule has 0 spiro atoms. The fourth-order valence-corrected chi connectivity index (χ4v) is 1.03. The quantitative estimate of drug-likeness (QED) is 0.768. The van der Waals surface area contributed by atoms with Crippen LogP contribution in [-0.4, -0.2) is 16.1 Å². The fourth-order valence-electron chi connectivity index (χ4n) is 0.719. The van der Waals surface area contributed by atoms with Crippen LogP contribution in [0.2, 0.25) is 0 Å². The largest absolute Gasteiger partial charge is 0.478 e. The average Bonchev–Trinajstić information content (AvgIpc) is 2.03. The van der Waals surface area contributed by atoms with E-state index in [4.69, 9.17) is 39.9 Å². The minimum absolute atomic E-state index is 0.0383. The molecule has 0 aliphatic carbocycles. The number of hydrogen-bond acceptors (Lipinski definition) is 2. The van der Waals surface area contributed by atoms with E-state index in [1.807, 2.05) is 0 Å². The summed E-state index contributed by atoms with van der Waals surface area (Å²) in [6, 6.07) is 2.54. The highest BCUT2D eigenvalue weighted by Crippen LogP contribution is 2.36. The lowest BCUT2D eigenvalue weighted by molar-refractivity contribution is 0.0696. The highest BCUT2D eigenvalue weighted by atomic mass is 35.6. The number of carboxylic acid groups (broad SMARTS) is 1. The van der Waals surface area contributed by atoms with Gasteiger partial charge in [-0.2, -0.15) is 0 Å². The molecule has 0 aliphatic rings. The minimum Gasteiger partial charge on any atom is -0.478 e. The molecule has 0 unspecified atom stereocenters. The number of aromatic carboxylic acids is 1. The Morgan fingerprint density at radius 1 is 1.46 bits per heavy atom. The van der Waals surface area contributed by atoms with Crippen LogP contribution in [0.1, 0.15) is 16.1 Å². The normalized spacial score (nSPS) is 11.3. The van der Waals surface area contributed by atoms with Gasteiger partial charge in [0.25, 0.3) is 0 Å². The van der Waals surface area contributed by atoms with Crippen molar-refractivity contribution in [2.24, 2.45) is 0 Å². The van der Waals surface area contributed by atoms with Crippen LogP contribution in [0.4, 0.5) is 0 Å². The average molecular weight is 240 g/mol. The van der Waals surface area contributed by atoms with E-state index in [1.54, 1.807) is 0 Å². The molecule has 0 aromatic carbocycles. The topological polar surface area (TPSA) is 50.2 Å². The summed E-state index contributed by atoms with van der Waals surface area (Å²) in [5, 5.41) is 8.62. The highest BCUT2D eigenvalue weighted by molar-refractivity contribution is 6.66. The van der Waals surface area contributed by atoms with Gasteiger partial charge in [-0.3, -0.25) is 4.98 Å². The number of pyridine rings is 1. The summed E-state index contributed by atoms with van der Waals surface area (Å²) in [6.07, 6.45) is 1.28. The summed E-state index contributed by atoms with van der Waals surface area (Å²) in [7, 11) is 0. The van der Waals surface area contributed by atoms with Gasteiger partial charge in [-0.05, 0) is 12.1 Å². The van der Waals surface area contributed by atoms with Crippen molar-refractivity contribution in [2.75, 3.05) is 0 Å². The maximum Gasteiger partial charge on any atom is 0.335 e. The predicted molar refractivity (Wildman–Crippen MR) is 50.4 cm³/mol. The second kappa shape index (κ2) is 3.70. The summed E-state index contributed by atoms with van der Waals surface area (Å²) in [5.41, 5.74) is 0.133. The van der Waals surface area contributed by atoms with Crippen molar-refractivity contribution in [1.82, 2.24) is 4.98 Å². The first kappa shape index (κ1) is 10.6. The zero-order valence-corrected chi connectivity index (χ0v) is 8.44. The molecule has 0 saturated heterocycles. The van der Waals surface area contributed by atoms with Crippen molar-refractivity contribution >= 4 is 40.8 Å². The van der Waals surface area contributed by atoms with E-state index in [1.165, 1.54) is 18.3 Å². The van der Waals surface area contributed by atoms with Gasteiger partial charge in [-0.25, -0.2) is 4.79 Å². The summed E-state index contributed by atoms with van der Waals surface area (Å²) in [5.74, 6) is -1.09.